The smallest absolute Gasteiger partial charge is 0.407 e. The fourth-order valence-corrected chi connectivity index (χ4v) is 2.18. The predicted octanol–water partition coefficient (Wildman–Crippen LogP) is 2.95. The molecule has 7 nitrogen and oxygen atoms in total. The Bertz CT molecular complexity index is 650. The van der Waals surface area contributed by atoms with Crippen molar-refractivity contribution in [1.29, 1.82) is 0 Å². The van der Waals surface area contributed by atoms with E-state index in [9.17, 15) is 14.4 Å². The summed E-state index contributed by atoms with van der Waals surface area (Å²) in [6.45, 7) is 8.86. The van der Waals surface area contributed by atoms with Gasteiger partial charge in [-0.1, -0.05) is 25.1 Å². The highest BCUT2D eigenvalue weighted by Gasteiger charge is 2.16. The molecule has 0 fully saturated rings. The summed E-state index contributed by atoms with van der Waals surface area (Å²) in [6, 6.07) is 5.78. The number of hydrogen-bond acceptors (Lipinski definition) is 5. The van der Waals surface area contributed by atoms with Crippen LogP contribution in [0.25, 0.3) is 0 Å². The van der Waals surface area contributed by atoms with E-state index in [1.807, 2.05) is 32.0 Å². The summed E-state index contributed by atoms with van der Waals surface area (Å²) in [5, 5.41) is 5.24. The quantitative estimate of drug-likeness (QED) is 0.726. The minimum absolute atomic E-state index is 0.0445. The highest BCUT2D eigenvalue weighted by atomic mass is 16.6. The van der Waals surface area contributed by atoms with Crippen LogP contribution >= 0.6 is 0 Å². The molecule has 0 heterocycles. The van der Waals surface area contributed by atoms with Gasteiger partial charge in [-0.2, -0.15) is 0 Å². The van der Waals surface area contributed by atoms with Crippen molar-refractivity contribution in [3.63, 3.8) is 0 Å². The van der Waals surface area contributed by atoms with Crippen LogP contribution in [0, 0.1) is 6.92 Å². The van der Waals surface area contributed by atoms with Gasteiger partial charge in [-0.3, -0.25) is 9.59 Å². The number of hydrogen-bond donors (Lipinski definition) is 2. The summed E-state index contributed by atoms with van der Waals surface area (Å²) in [7, 11) is 0. The number of anilines is 1. The third-order valence-electron chi connectivity index (χ3n) is 3.37. The van der Waals surface area contributed by atoms with Gasteiger partial charge in [-0.25, -0.2) is 4.79 Å². The van der Waals surface area contributed by atoms with Crippen LogP contribution in [0.1, 0.15) is 45.2 Å². The number of rotatable bonds is 7. The van der Waals surface area contributed by atoms with Crippen molar-refractivity contribution in [2.24, 2.45) is 0 Å². The van der Waals surface area contributed by atoms with Crippen molar-refractivity contribution in [3.05, 3.63) is 29.3 Å². The van der Waals surface area contributed by atoms with E-state index in [2.05, 4.69) is 10.6 Å². The molecule has 0 unspecified atom stereocenters. The summed E-state index contributed by atoms with van der Waals surface area (Å²) in [5.41, 5.74) is 2.12. The van der Waals surface area contributed by atoms with Crippen LogP contribution in [0.2, 0.25) is 0 Å². The first-order valence-corrected chi connectivity index (χ1v) is 8.63. The molecule has 0 saturated carbocycles. The second-order valence-corrected chi connectivity index (χ2v) is 6.85. The van der Waals surface area contributed by atoms with E-state index in [1.165, 1.54) is 0 Å². The first-order chi connectivity index (χ1) is 12.1. The molecule has 0 radical (unpaired) electrons. The molecule has 0 aliphatic heterocycles. The van der Waals surface area contributed by atoms with Crippen molar-refractivity contribution in [1.82, 2.24) is 5.32 Å². The second kappa shape index (κ2) is 9.79. The predicted molar refractivity (Wildman–Crippen MR) is 99.0 cm³/mol. The Morgan fingerprint density at radius 2 is 1.85 bits per heavy atom. The molecule has 26 heavy (non-hydrogen) atoms. The number of ether oxygens (including phenoxy) is 2. The lowest BCUT2D eigenvalue weighted by Gasteiger charge is -2.19. The summed E-state index contributed by atoms with van der Waals surface area (Å²) < 4.78 is 9.98. The van der Waals surface area contributed by atoms with Gasteiger partial charge in [0.1, 0.15) is 5.60 Å². The molecule has 0 saturated heterocycles. The number of para-hydroxylation sites is 1. The maximum atomic E-state index is 12.0. The highest BCUT2D eigenvalue weighted by molar-refractivity contribution is 5.94. The summed E-state index contributed by atoms with van der Waals surface area (Å²) in [4.78, 5) is 35.1. The molecule has 0 bridgehead atoms. The standard InChI is InChI=1S/C19H28N2O5/c1-6-14-9-7-8-13(2)17(14)21-15(22)12-25-16(23)10-11-20-18(24)26-19(3,4)5/h7-9H,6,10-12H2,1-5H3,(H,20,24)(H,21,22). The lowest BCUT2D eigenvalue weighted by molar-refractivity contribution is -0.147. The third-order valence-corrected chi connectivity index (χ3v) is 3.37. The van der Waals surface area contributed by atoms with E-state index in [4.69, 9.17) is 9.47 Å². The molecule has 1 aromatic carbocycles. The van der Waals surface area contributed by atoms with Crippen LogP contribution in [0.4, 0.5) is 10.5 Å². The van der Waals surface area contributed by atoms with Gasteiger partial charge in [0.2, 0.25) is 0 Å². The van der Waals surface area contributed by atoms with Crippen molar-refractivity contribution in [3.8, 4) is 0 Å². The fraction of sp³-hybridized carbons (Fsp3) is 0.526. The lowest BCUT2D eigenvalue weighted by Crippen LogP contribution is -2.34. The van der Waals surface area contributed by atoms with Crippen LogP contribution in [-0.2, 0) is 25.5 Å². The highest BCUT2D eigenvalue weighted by Crippen LogP contribution is 2.20. The lowest BCUT2D eigenvalue weighted by atomic mass is 10.1. The second-order valence-electron chi connectivity index (χ2n) is 6.85. The van der Waals surface area contributed by atoms with Crippen LogP contribution in [0.15, 0.2) is 18.2 Å². The molecule has 7 heteroatoms. The number of amides is 2. The molecule has 0 aliphatic carbocycles. The number of alkyl carbamates (subject to hydrolysis) is 1. The molecule has 1 rings (SSSR count). The van der Waals surface area contributed by atoms with Crippen molar-refractivity contribution in [2.45, 2.75) is 53.1 Å². The van der Waals surface area contributed by atoms with Crippen LogP contribution in [0.3, 0.4) is 0 Å². The van der Waals surface area contributed by atoms with Crippen molar-refractivity contribution >= 4 is 23.7 Å². The monoisotopic (exact) mass is 364 g/mol. The topological polar surface area (TPSA) is 93.7 Å². The van der Waals surface area contributed by atoms with E-state index in [-0.39, 0.29) is 19.6 Å². The first-order valence-electron chi connectivity index (χ1n) is 8.63. The molecule has 1 aromatic rings. The van der Waals surface area contributed by atoms with Crippen LogP contribution in [0.5, 0.6) is 0 Å². The Balaban J connectivity index is 2.35. The zero-order chi connectivity index (χ0) is 19.7. The molecular weight excluding hydrogens is 336 g/mol. The molecule has 0 spiro atoms. The average molecular weight is 364 g/mol. The van der Waals surface area contributed by atoms with E-state index in [0.29, 0.717) is 0 Å². The van der Waals surface area contributed by atoms with E-state index < -0.39 is 23.6 Å². The zero-order valence-electron chi connectivity index (χ0n) is 16.1. The Labute approximate surface area is 154 Å². The number of esters is 1. The number of nitrogens with one attached hydrogen (secondary N) is 2. The average Bonchev–Trinajstić information content (AvgIpc) is 2.53. The van der Waals surface area contributed by atoms with Gasteiger partial charge >= 0.3 is 12.1 Å². The van der Waals surface area contributed by atoms with Gasteiger partial charge in [0, 0.05) is 12.2 Å². The third kappa shape index (κ3) is 8.00. The molecule has 2 amide bonds. The minimum Gasteiger partial charge on any atom is -0.456 e. The van der Waals surface area contributed by atoms with Crippen molar-refractivity contribution in [2.75, 3.05) is 18.5 Å². The molecular formula is C19H28N2O5. The summed E-state index contributed by atoms with van der Waals surface area (Å²) >= 11 is 0. The molecule has 0 aliphatic rings. The van der Waals surface area contributed by atoms with E-state index >= 15 is 0 Å². The normalized spacial score (nSPS) is 10.8. The number of carbonyl (C=O) groups excluding carboxylic acids is 3. The van der Waals surface area contributed by atoms with Gasteiger partial charge in [-0.15, -0.1) is 0 Å². The maximum absolute atomic E-state index is 12.0. The van der Waals surface area contributed by atoms with Gasteiger partial charge in [0.25, 0.3) is 5.91 Å². The van der Waals surface area contributed by atoms with Gasteiger partial charge in [0.05, 0.1) is 6.42 Å². The number of benzene rings is 1. The van der Waals surface area contributed by atoms with Crippen molar-refractivity contribution < 1.29 is 23.9 Å². The molecule has 2 N–H and O–H groups in total. The molecule has 144 valence electrons. The Morgan fingerprint density at radius 1 is 1.15 bits per heavy atom. The maximum Gasteiger partial charge on any atom is 0.407 e. The van der Waals surface area contributed by atoms with Crippen LogP contribution in [-0.4, -0.2) is 36.7 Å². The Kier molecular flexibility index (Phi) is 8.09. The summed E-state index contributed by atoms with van der Waals surface area (Å²) in [6.07, 6.45) is 0.138. The molecule has 0 aromatic heterocycles. The number of carbonyl (C=O) groups is 3. The largest absolute Gasteiger partial charge is 0.456 e. The zero-order valence-corrected chi connectivity index (χ0v) is 16.1. The van der Waals surface area contributed by atoms with Gasteiger partial charge < -0.3 is 20.1 Å². The first kappa shape index (κ1) is 21.5. The molecule has 0 atom stereocenters. The fourth-order valence-electron chi connectivity index (χ4n) is 2.18. The number of aryl methyl sites for hydroxylation is 2. The van der Waals surface area contributed by atoms with Gasteiger partial charge in [0.15, 0.2) is 6.61 Å². The van der Waals surface area contributed by atoms with E-state index in [0.717, 1.165) is 23.2 Å². The Hall–Kier alpha value is -2.57. The summed E-state index contributed by atoms with van der Waals surface area (Å²) in [5.74, 6) is -0.973. The van der Waals surface area contributed by atoms with Gasteiger partial charge in [-0.05, 0) is 45.2 Å². The minimum atomic E-state index is -0.602. The Morgan fingerprint density at radius 3 is 2.46 bits per heavy atom. The SMILES string of the molecule is CCc1cccc(C)c1NC(=O)COC(=O)CCNC(=O)OC(C)(C)C. The van der Waals surface area contributed by atoms with E-state index in [1.54, 1.807) is 20.8 Å². The van der Waals surface area contributed by atoms with Crippen LogP contribution < -0.4 is 10.6 Å².